The second-order valence-electron chi connectivity index (χ2n) is 5.78. The fourth-order valence-corrected chi connectivity index (χ4v) is 5.10. The maximum atomic E-state index is 13.5. The van der Waals surface area contributed by atoms with Crippen LogP contribution < -0.4 is 5.32 Å². The first-order valence-electron chi connectivity index (χ1n) is 8.61. The summed E-state index contributed by atoms with van der Waals surface area (Å²) in [5, 5.41) is 2.79. The van der Waals surface area contributed by atoms with E-state index in [0.717, 1.165) is 4.47 Å². The molecular formula is C19H20BrN2O4P. The van der Waals surface area contributed by atoms with Gasteiger partial charge in [0, 0.05) is 10.0 Å². The minimum atomic E-state index is -3.63. The monoisotopic (exact) mass is 450 g/mol. The zero-order valence-electron chi connectivity index (χ0n) is 15.0. The van der Waals surface area contributed by atoms with E-state index >= 15 is 0 Å². The minimum absolute atomic E-state index is 0.208. The van der Waals surface area contributed by atoms with E-state index < -0.39 is 13.4 Å². The van der Waals surface area contributed by atoms with Crippen molar-refractivity contribution in [1.29, 1.82) is 0 Å². The van der Waals surface area contributed by atoms with Crippen molar-refractivity contribution in [3.63, 3.8) is 0 Å². The Balaban J connectivity index is 2.15. The van der Waals surface area contributed by atoms with Crippen LogP contribution in [0.4, 0.5) is 5.69 Å². The molecule has 0 aliphatic carbocycles. The molecule has 0 radical (unpaired) electrons. The molecule has 27 heavy (non-hydrogen) atoms. The van der Waals surface area contributed by atoms with Gasteiger partial charge in [-0.2, -0.15) is 0 Å². The number of carbonyl (C=O) groups is 1. The molecule has 6 nitrogen and oxygen atoms in total. The number of rotatable bonds is 7. The summed E-state index contributed by atoms with van der Waals surface area (Å²) in [6, 6.07) is 14.5. The molecule has 142 valence electrons. The molecular weight excluding hydrogens is 431 g/mol. The fourth-order valence-electron chi connectivity index (χ4n) is 2.87. The topological polar surface area (TPSA) is 77.0 Å². The lowest BCUT2D eigenvalue weighted by molar-refractivity contribution is -0.110. The Bertz CT molecular complexity index is 907. The average Bonchev–Trinajstić information content (AvgIpc) is 2.95. The Labute approximate surface area is 166 Å². The Morgan fingerprint density at radius 3 is 2.41 bits per heavy atom. The second kappa shape index (κ2) is 8.48. The van der Waals surface area contributed by atoms with Crippen molar-refractivity contribution in [2.24, 2.45) is 4.99 Å². The third-order valence-electron chi connectivity index (χ3n) is 3.97. The van der Waals surface area contributed by atoms with Gasteiger partial charge < -0.3 is 14.4 Å². The molecule has 0 aromatic heterocycles. The molecule has 1 atom stereocenters. The highest BCUT2D eigenvalue weighted by atomic mass is 79.9. The van der Waals surface area contributed by atoms with Crippen molar-refractivity contribution >= 4 is 40.8 Å². The lowest BCUT2D eigenvalue weighted by Crippen LogP contribution is -2.17. The number of hydrogen-bond donors (Lipinski definition) is 1. The van der Waals surface area contributed by atoms with Gasteiger partial charge in [0.25, 0.3) is 5.91 Å². The largest absolute Gasteiger partial charge is 0.359 e. The van der Waals surface area contributed by atoms with Gasteiger partial charge in [0.1, 0.15) is 5.71 Å². The van der Waals surface area contributed by atoms with Crippen molar-refractivity contribution in [2.45, 2.75) is 19.6 Å². The van der Waals surface area contributed by atoms with Gasteiger partial charge in [-0.15, -0.1) is 0 Å². The highest BCUT2D eigenvalue weighted by Crippen LogP contribution is 2.61. The third kappa shape index (κ3) is 4.22. The van der Waals surface area contributed by atoms with Crippen LogP contribution in [-0.2, 0) is 18.4 Å². The number of amides is 1. The van der Waals surface area contributed by atoms with E-state index in [0.29, 0.717) is 16.8 Å². The normalized spacial score (nSPS) is 16.3. The summed E-state index contributed by atoms with van der Waals surface area (Å²) >= 11 is 3.41. The van der Waals surface area contributed by atoms with Gasteiger partial charge >= 0.3 is 7.60 Å². The van der Waals surface area contributed by atoms with Gasteiger partial charge in [-0.05, 0) is 37.6 Å². The maximum absolute atomic E-state index is 13.5. The molecule has 1 heterocycles. The van der Waals surface area contributed by atoms with E-state index in [2.05, 4.69) is 26.2 Å². The molecule has 1 amide bonds. The van der Waals surface area contributed by atoms with Crippen molar-refractivity contribution in [1.82, 2.24) is 0 Å². The number of nitrogens with one attached hydrogen (secondary N) is 1. The fraction of sp³-hybridized carbons (Fsp3) is 0.263. The first kappa shape index (κ1) is 20.0. The zero-order chi connectivity index (χ0) is 19.4. The van der Waals surface area contributed by atoms with E-state index in [1.807, 2.05) is 24.3 Å². The molecule has 0 unspecified atom stereocenters. The molecule has 1 aliphatic heterocycles. The molecule has 1 aliphatic rings. The summed E-state index contributed by atoms with van der Waals surface area (Å²) < 4.78 is 25.4. The van der Waals surface area contributed by atoms with Crippen molar-refractivity contribution in [2.75, 3.05) is 18.5 Å². The van der Waals surface area contributed by atoms with Gasteiger partial charge in [-0.25, -0.2) is 0 Å². The Hall–Kier alpha value is -1.79. The standard InChI is InChI=1S/C19H20BrN2O4P/c1-3-25-27(24,26-4-2)19(13-8-6-5-7-9-13)22-17-15-12-14(20)10-11-16(15)21-18(17)23/h5-12,19H,3-4H2,1-2H3,(H,21,22,23)/t19-/m0/s1. The predicted molar refractivity (Wildman–Crippen MR) is 109 cm³/mol. The first-order valence-corrected chi connectivity index (χ1v) is 11.0. The van der Waals surface area contributed by atoms with E-state index in [1.54, 1.807) is 38.1 Å². The van der Waals surface area contributed by atoms with Crippen LogP contribution in [0.1, 0.15) is 30.8 Å². The third-order valence-corrected chi connectivity index (χ3v) is 6.71. The average molecular weight is 451 g/mol. The number of fused-ring (bicyclic) bond motifs is 1. The maximum Gasteiger partial charge on any atom is 0.359 e. The number of benzene rings is 2. The van der Waals surface area contributed by atoms with E-state index in [-0.39, 0.29) is 24.8 Å². The smallest absolute Gasteiger partial charge is 0.320 e. The number of hydrogen-bond acceptors (Lipinski definition) is 5. The number of carbonyl (C=O) groups excluding carboxylic acids is 1. The van der Waals surface area contributed by atoms with Crippen molar-refractivity contribution in [3.8, 4) is 0 Å². The SMILES string of the molecule is CCOP(=O)(OCC)[C@H](/N=C1\C(=O)Nc2ccc(Br)cc21)c1ccccc1. The molecule has 0 bridgehead atoms. The van der Waals surface area contributed by atoms with Crippen LogP contribution in [0.25, 0.3) is 0 Å². The summed E-state index contributed by atoms with van der Waals surface area (Å²) in [6.45, 7) is 3.91. The number of aliphatic imine (C=N–C) groups is 1. The number of anilines is 1. The van der Waals surface area contributed by atoms with Gasteiger partial charge in [0.05, 0.1) is 18.9 Å². The van der Waals surface area contributed by atoms with Crippen LogP contribution in [0.15, 0.2) is 58.0 Å². The van der Waals surface area contributed by atoms with Crippen molar-refractivity contribution < 1.29 is 18.4 Å². The molecule has 0 fully saturated rings. The summed E-state index contributed by atoms with van der Waals surface area (Å²) in [4.78, 5) is 17.1. The Morgan fingerprint density at radius 2 is 1.78 bits per heavy atom. The highest BCUT2D eigenvalue weighted by Gasteiger charge is 2.39. The van der Waals surface area contributed by atoms with Gasteiger partial charge in [0.2, 0.25) is 0 Å². The quantitative estimate of drug-likeness (QED) is 0.591. The van der Waals surface area contributed by atoms with Gasteiger partial charge in [-0.1, -0.05) is 46.3 Å². The molecule has 0 spiro atoms. The Kier molecular flexibility index (Phi) is 6.27. The molecule has 2 aromatic rings. The van der Waals surface area contributed by atoms with Crippen LogP contribution in [0.3, 0.4) is 0 Å². The van der Waals surface area contributed by atoms with Crippen LogP contribution in [-0.4, -0.2) is 24.8 Å². The molecule has 8 heteroatoms. The summed E-state index contributed by atoms with van der Waals surface area (Å²) in [5.41, 5.74) is 2.18. The molecule has 0 saturated heterocycles. The summed E-state index contributed by atoms with van der Waals surface area (Å²) in [6.07, 6.45) is 0. The van der Waals surface area contributed by atoms with Crippen LogP contribution in [0, 0.1) is 0 Å². The van der Waals surface area contributed by atoms with Crippen LogP contribution >= 0.6 is 23.5 Å². The molecule has 0 saturated carbocycles. The lowest BCUT2D eigenvalue weighted by Gasteiger charge is -2.24. The van der Waals surface area contributed by atoms with Gasteiger partial charge in [0.15, 0.2) is 5.78 Å². The summed E-state index contributed by atoms with van der Waals surface area (Å²) in [5.74, 6) is -1.28. The highest BCUT2D eigenvalue weighted by molar-refractivity contribution is 9.10. The van der Waals surface area contributed by atoms with Gasteiger partial charge in [-0.3, -0.25) is 14.4 Å². The number of halogens is 1. The Morgan fingerprint density at radius 1 is 1.11 bits per heavy atom. The summed E-state index contributed by atoms with van der Waals surface area (Å²) in [7, 11) is -3.63. The van der Waals surface area contributed by atoms with E-state index in [9.17, 15) is 9.36 Å². The molecule has 3 rings (SSSR count). The minimum Gasteiger partial charge on any atom is -0.320 e. The van der Waals surface area contributed by atoms with Crippen LogP contribution in [0.2, 0.25) is 0 Å². The van der Waals surface area contributed by atoms with E-state index in [1.165, 1.54) is 0 Å². The lowest BCUT2D eigenvalue weighted by atomic mass is 10.1. The predicted octanol–water partition coefficient (Wildman–Crippen LogP) is 5.16. The number of nitrogens with zero attached hydrogens (tertiary/aromatic N) is 1. The van der Waals surface area contributed by atoms with Crippen LogP contribution in [0.5, 0.6) is 0 Å². The first-order chi connectivity index (χ1) is 13.0. The van der Waals surface area contributed by atoms with E-state index in [4.69, 9.17) is 9.05 Å². The molecule has 2 aromatic carbocycles. The molecule has 1 N–H and O–H groups in total. The zero-order valence-corrected chi connectivity index (χ0v) is 17.5. The van der Waals surface area contributed by atoms with Crippen molar-refractivity contribution in [3.05, 3.63) is 64.1 Å². The second-order valence-corrected chi connectivity index (χ2v) is 8.78.